The Morgan fingerprint density at radius 3 is 2.50 bits per heavy atom. The van der Waals surface area contributed by atoms with Gasteiger partial charge in [0.15, 0.2) is 0 Å². The van der Waals surface area contributed by atoms with Gasteiger partial charge in [0.2, 0.25) is 5.82 Å². The van der Waals surface area contributed by atoms with E-state index in [2.05, 4.69) is 10.1 Å². The van der Waals surface area contributed by atoms with Crippen LogP contribution in [0.1, 0.15) is 35.3 Å². The Morgan fingerprint density at radius 2 is 1.89 bits per heavy atom. The number of aryl methyl sites for hydroxylation is 1. The number of halogens is 3. The molecule has 0 atom stereocenters. The highest BCUT2D eigenvalue weighted by molar-refractivity contribution is 5.77. The van der Waals surface area contributed by atoms with Crippen molar-refractivity contribution >= 4 is 6.29 Å². The minimum Gasteiger partial charge on any atom is -0.490 e. The van der Waals surface area contributed by atoms with Crippen molar-refractivity contribution in [1.29, 1.82) is 0 Å². The lowest BCUT2D eigenvalue weighted by molar-refractivity contribution is -0.139. The number of nitrogens with zero attached hydrogens (tertiary/aromatic N) is 2. The Bertz CT molecular complexity index is 1010. The zero-order valence-electron chi connectivity index (χ0n) is 15.4. The van der Waals surface area contributed by atoms with Gasteiger partial charge in [0.25, 0.3) is 5.89 Å². The lowest BCUT2D eigenvalue weighted by Gasteiger charge is -2.16. The predicted octanol–water partition coefficient (Wildman–Crippen LogP) is 5.33. The summed E-state index contributed by atoms with van der Waals surface area (Å²) in [6.07, 6.45) is -4.28. The number of carbonyl (C=O) groups excluding carboxylic acids is 1. The standard InChI is InChI=1S/C20H17F3N2O3/c1-11(2)27-17-7-5-14(9-16(17)20(21,22)23)19-24-18(25-28-19)15-6-4-13(10-26)8-12(15)3/h4-11H,1-3H3. The quantitative estimate of drug-likeness (QED) is 0.551. The number of ether oxygens (including phenoxy) is 1. The van der Waals surface area contributed by atoms with E-state index in [1.54, 1.807) is 39.0 Å². The molecular formula is C20H17F3N2O3. The van der Waals surface area contributed by atoms with Crippen LogP contribution < -0.4 is 4.74 Å². The molecule has 0 amide bonds. The van der Waals surface area contributed by atoms with Crippen LogP contribution in [0, 0.1) is 6.92 Å². The maximum atomic E-state index is 13.4. The van der Waals surface area contributed by atoms with E-state index in [0.29, 0.717) is 11.1 Å². The fourth-order valence-electron chi connectivity index (χ4n) is 2.70. The largest absolute Gasteiger partial charge is 0.490 e. The molecule has 0 bridgehead atoms. The third-order valence-corrected chi connectivity index (χ3v) is 3.95. The zero-order chi connectivity index (χ0) is 20.5. The van der Waals surface area contributed by atoms with Gasteiger partial charge in [-0.15, -0.1) is 0 Å². The number of aromatic nitrogens is 2. The summed E-state index contributed by atoms with van der Waals surface area (Å²) in [6, 6.07) is 8.54. The van der Waals surface area contributed by atoms with Crippen molar-refractivity contribution in [2.75, 3.05) is 0 Å². The first-order chi connectivity index (χ1) is 13.2. The molecule has 1 aromatic heterocycles. The topological polar surface area (TPSA) is 65.2 Å². The third kappa shape index (κ3) is 4.05. The van der Waals surface area contributed by atoms with Gasteiger partial charge < -0.3 is 9.26 Å². The second-order valence-electron chi connectivity index (χ2n) is 6.49. The fraction of sp³-hybridized carbons (Fsp3) is 0.250. The van der Waals surface area contributed by atoms with Crippen LogP contribution in [0.2, 0.25) is 0 Å². The normalized spacial score (nSPS) is 11.7. The smallest absolute Gasteiger partial charge is 0.419 e. The van der Waals surface area contributed by atoms with E-state index in [0.717, 1.165) is 17.9 Å². The molecule has 146 valence electrons. The fourth-order valence-corrected chi connectivity index (χ4v) is 2.70. The molecule has 1 heterocycles. The molecule has 2 aromatic carbocycles. The maximum absolute atomic E-state index is 13.4. The van der Waals surface area contributed by atoms with Crippen LogP contribution in [0.4, 0.5) is 13.2 Å². The minimum absolute atomic E-state index is 0.0459. The summed E-state index contributed by atoms with van der Waals surface area (Å²) in [5.74, 6) is -0.0808. The third-order valence-electron chi connectivity index (χ3n) is 3.95. The molecular weight excluding hydrogens is 373 g/mol. The summed E-state index contributed by atoms with van der Waals surface area (Å²) in [5.41, 5.74) is 1.08. The van der Waals surface area contributed by atoms with Crippen molar-refractivity contribution in [3.05, 3.63) is 53.1 Å². The lowest BCUT2D eigenvalue weighted by Crippen LogP contribution is -2.13. The van der Waals surface area contributed by atoms with Gasteiger partial charge in [0.05, 0.1) is 11.7 Å². The highest BCUT2D eigenvalue weighted by Crippen LogP contribution is 2.39. The van der Waals surface area contributed by atoms with Crippen LogP contribution in [0.25, 0.3) is 22.8 Å². The second-order valence-corrected chi connectivity index (χ2v) is 6.49. The molecule has 0 fully saturated rings. The summed E-state index contributed by atoms with van der Waals surface area (Å²) in [4.78, 5) is 15.1. The molecule has 0 spiro atoms. The van der Waals surface area contributed by atoms with E-state index in [9.17, 15) is 18.0 Å². The average molecular weight is 390 g/mol. The van der Waals surface area contributed by atoms with Crippen molar-refractivity contribution in [3.8, 4) is 28.6 Å². The van der Waals surface area contributed by atoms with E-state index in [1.165, 1.54) is 12.1 Å². The first-order valence-electron chi connectivity index (χ1n) is 8.47. The van der Waals surface area contributed by atoms with Gasteiger partial charge in [-0.25, -0.2) is 0 Å². The number of benzene rings is 2. The van der Waals surface area contributed by atoms with Crippen molar-refractivity contribution in [1.82, 2.24) is 10.1 Å². The predicted molar refractivity (Wildman–Crippen MR) is 96.1 cm³/mol. The Kier molecular flexibility index (Phi) is 5.22. The van der Waals surface area contributed by atoms with Gasteiger partial charge in [-0.05, 0) is 50.6 Å². The highest BCUT2D eigenvalue weighted by atomic mass is 19.4. The minimum atomic E-state index is -4.59. The molecule has 3 aromatic rings. The maximum Gasteiger partial charge on any atom is 0.419 e. The molecule has 5 nitrogen and oxygen atoms in total. The molecule has 0 N–H and O–H groups in total. The number of rotatable bonds is 5. The van der Waals surface area contributed by atoms with Gasteiger partial charge in [-0.2, -0.15) is 18.2 Å². The first-order valence-corrected chi connectivity index (χ1v) is 8.47. The van der Waals surface area contributed by atoms with Crippen molar-refractivity contribution in [2.45, 2.75) is 33.1 Å². The molecule has 0 saturated carbocycles. The summed E-state index contributed by atoms with van der Waals surface area (Å²) in [6.45, 7) is 5.07. The first kappa shape index (κ1) is 19.6. The summed E-state index contributed by atoms with van der Waals surface area (Å²) in [5, 5.41) is 3.85. The Hall–Kier alpha value is -3.16. The Morgan fingerprint density at radius 1 is 1.14 bits per heavy atom. The SMILES string of the molecule is Cc1cc(C=O)ccc1-c1noc(-c2ccc(OC(C)C)c(C(F)(F)F)c2)n1. The van der Waals surface area contributed by atoms with E-state index >= 15 is 0 Å². The number of aldehydes is 1. The molecule has 0 saturated heterocycles. The molecule has 0 radical (unpaired) electrons. The summed E-state index contributed by atoms with van der Waals surface area (Å²) >= 11 is 0. The molecule has 28 heavy (non-hydrogen) atoms. The van der Waals surface area contributed by atoms with Crippen LogP contribution in [0.5, 0.6) is 5.75 Å². The van der Waals surface area contributed by atoms with Crippen LogP contribution in [0.15, 0.2) is 40.9 Å². The van der Waals surface area contributed by atoms with Crippen LogP contribution in [-0.4, -0.2) is 22.5 Å². The van der Waals surface area contributed by atoms with Crippen molar-refractivity contribution < 1.29 is 27.2 Å². The highest BCUT2D eigenvalue weighted by Gasteiger charge is 2.35. The molecule has 0 aliphatic heterocycles. The Balaban J connectivity index is 2.00. The van der Waals surface area contributed by atoms with Crippen LogP contribution >= 0.6 is 0 Å². The number of hydrogen-bond acceptors (Lipinski definition) is 5. The zero-order valence-corrected chi connectivity index (χ0v) is 15.4. The van der Waals surface area contributed by atoms with E-state index in [-0.39, 0.29) is 23.0 Å². The molecule has 0 unspecified atom stereocenters. The van der Waals surface area contributed by atoms with E-state index < -0.39 is 17.8 Å². The van der Waals surface area contributed by atoms with Crippen molar-refractivity contribution in [2.24, 2.45) is 0 Å². The van der Waals surface area contributed by atoms with E-state index in [1.807, 2.05) is 0 Å². The summed E-state index contributed by atoms with van der Waals surface area (Å²) in [7, 11) is 0. The number of carbonyl (C=O) groups is 1. The van der Waals surface area contributed by atoms with Gasteiger partial charge in [0.1, 0.15) is 12.0 Å². The van der Waals surface area contributed by atoms with Gasteiger partial charge in [0, 0.05) is 16.7 Å². The lowest BCUT2D eigenvalue weighted by atomic mass is 10.1. The second kappa shape index (κ2) is 7.46. The van der Waals surface area contributed by atoms with Crippen molar-refractivity contribution in [3.63, 3.8) is 0 Å². The monoisotopic (exact) mass is 390 g/mol. The van der Waals surface area contributed by atoms with Gasteiger partial charge >= 0.3 is 6.18 Å². The number of alkyl halides is 3. The van der Waals surface area contributed by atoms with Gasteiger partial charge in [-0.1, -0.05) is 17.3 Å². The molecule has 3 rings (SSSR count). The van der Waals surface area contributed by atoms with E-state index in [4.69, 9.17) is 9.26 Å². The molecule has 0 aliphatic carbocycles. The van der Waals surface area contributed by atoms with Crippen LogP contribution in [0.3, 0.4) is 0 Å². The van der Waals surface area contributed by atoms with Gasteiger partial charge in [-0.3, -0.25) is 4.79 Å². The van der Waals surface area contributed by atoms with Crippen LogP contribution in [-0.2, 0) is 6.18 Å². The Labute approximate surface area is 159 Å². The molecule has 8 heteroatoms. The number of hydrogen-bond donors (Lipinski definition) is 0. The summed E-state index contributed by atoms with van der Waals surface area (Å²) < 4.78 is 50.7. The molecule has 0 aliphatic rings. The average Bonchev–Trinajstić information content (AvgIpc) is 3.10.